The predicted molar refractivity (Wildman–Crippen MR) is 92.4 cm³/mol. The van der Waals surface area contributed by atoms with E-state index in [9.17, 15) is 4.79 Å². The highest BCUT2D eigenvalue weighted by molar-refractivity contribution is 5.98. The lowest BCUT2D eigenvalue weighted by Crippen LogP contribution is -2.48. The molecule has 0 atom stereocenters. The van der Waals surface area contributed by atoms with Crippen LogP contribution < -0.4 is 15.2 Å². The average Bonchev–Trinajstić information content (AvgIpc) is 3.10. The maximum atomic E-state index is 12.6. The van der Waals surface area contributed by atoms with Crippen LogP contribution >= 0.6 is 0 Å². The smallest absolute Gasteiger partial charge is 0.257 e. The highest BCUT2D eigenvalue weighted by atomic mass is 16.7. The number of nitrogen functional groups attached to an aromatic ring is 1. The Kier molecular flexibility index (Phi) is 4.15. The Morgan fingerprint density at radius 3 is 2.72 bits per heavy atom. The van der Waals surface area contributed by atoms with Gasteiger partial charge in [-0.3, -0.25) is 14.7 Å². The number of piperazine rings is 1. The zero-order chi connectivity index (χ0) is 17.2. The number of rotatable bonds is 3. The molecule has 1 aromatic carbocycles. The highest BCUT2D eigenvalue weighted by Gasteiger charge is 2.24. The number of pyridine rings is 1. The molecule has 7 nitrogen and oxygen atoms in total. The third-order valence-electron chi connectivity index (χ3n) is 4.59. The van der Waals surface area contributed by atoms with E-state index in [1.54, 1.807) is 12.3 Å². The van der Waals surface area contributed by atoms with E-state index in [4.69, 9.17) is 15.2 Å². The Morgan fingerprint density at radius 1 is 1.12 bits per heavy atom. The van der Waals surface area contributed by atoms with Crippen LogP contribution in [0.15, 0.2) is 36.7 Å². The summed E-state index contributed by atoms with van der Waals surface area (Å²) in [5.41, 5.74) is 8.02. The van der Waals surface area contributed by atoms with Crippen LogP contribution in [0.3, 0.4) is 0 Å². The summed E-state index contributed by atoms with van der Waals surface area (Å²) in [5, 5.41) is 0. The monoisotopic (exact) mass is 340 g/mol. The second-order valence-electron chi connectivity index (χ2n) is 6.22. The van der Waals surface area contributed by atoms with Gasteiger partial charge in [0.1, 0.15) is 0 Å². The van der Waals surface area contributed by atoms with Gasteiger partial charge in [0, 0.05) is 50.8 Å². The van der Waals surface area contributed by atoms with Crippen molar-refractivity contribution >= 4 is 11.6 Å². The molecule has 0 unspecified atom stereocenters. The number of ether oxygens (including phenoxy) is 2. The van der Waals surface area contributed by atoms with E-state index in [1.165, 1.54) is 11.8 Å². The molecule has 25 heavy (non-hydrogen) atoms. The predicted octanol–water partition coefficient (Wildman–Crippen LogP) is 1.35. The normalized spacial score (nSPS) is 16.9. The summed E-state index contributed by atoms with van der Waals surface area (Å²) < 4.78 is 10.8. The quantitative estimate of drug-likeness (QED) is 0.908. The maximum absolute atomic E-state index is 12.6. The number of nitrogens with two attached hydrogens (primary N) is 1. The van der Waals surface area contributed by atoms with E-state index in [1.807, 2.05) is 17.0 Å². The van der Waals surface area contributed by atoms with E-state index < -0.39 is 0 Å². The molecule has 0 saturated carbocycles. The van der Waals surface area contributed by atoms with Crippen molar-refractivity contribution in [2.75, 3.05) is 38.7 Å². The fourth-order valence-electron chi connectivity index (χ4n) is 3.16. The first-order valence-electron chi connectivity index (χ1n) is 8.30. The summed E-state index contributed by atoms with van der Waals surface area (Å²) in [6.45, 7) is 4.11. The van der Waals surface area contributed by atoms with Gasteiger partial charge < -0.3 is 20.1 Å². The number of amides is 1. The molecule has 1 fully saturated rings. The molecule has 3 heterocycles. The minimum absolute atomic E-state index is 0.0478. The van der Waals surface area contributed by atoms with Gasteiger partial charge in [0.15, 0.2) is 11.5 Å². The van der Waals surface area contributed by atoms with Crippen molar-refractivity contribution < 1.29 is 14.3 Å². The van der Waals surface area contributed by atoms with Crippen LogP contribution in [-0.2, 0) is 6.54 Å². The molecule has 1 amide bonds. The van der Waals surface area contributed by atoms with Crippen LogP contribution in [-0.4, -0.2) is 53.7 Å². The van der Waals surface area contributed by atoms with Gasteiger partial charge in [-0.2, -0.15) is 0 Å². The highest BCUT2D eigenvalue weighted by Crippen LogP contribution is 2.32. The van der Waals surface area contributed by atoms with Crippen LogP contribution in [0.4, 0.5) is 5.69 Å². The second kappa shape index (κ2) is 6.60. The number of hydrogen-bond acceptors (Lipinski definition) is 6. The van der Waals surface area contributed by atoms with Crippen molar-refractivity contribution in [3.05, 3.63) is 47.8 Å². The SMILES string of the molecule is Nc1ccncc1C(=O)N1CCN(Cc2ccc3c(c2)OCO3)CC1. The molecule has 2 aromatic rings. The van der Waals surface area contributed by atoms with Crippen LogP contribution in [0.2, 0.25) is 0 Å². The van der Waals surface area contributed by atoms with Gasteiger partial charge in [0.2, 0.25) is 6.79 Å². The minimum Gasteiger partial charge on any atom is -0.454 e. The largest absolute Gasteiger partial charge is 0.454 e. The molecule has 4 rings (SSSR count). The molecule has 2 N–H and O–H groups in total. The van der Waals surface area contributed by atoms with Gasteiger partial charge in [-0.25, -0.2) is 0 Å². The number of carbonyl (C=O) groups is 1. The number of anilines is 1. The number of carbonyl (C=O) groups excluding carboxylic acids is 1. The summed E-state index contributed by atoms with van der Waals surface area (Å²) >= 11 is 0. The Labute approximate surface area is 145 Å². The van der Waals surface area contributed by atoms with Gasteiger partial charge in [-0.05, 0) is 23.8 Å². The van der Waals surface area contributed by atoms with Crippen LogP contribution in [0.25, 0.3) is 0 Å². The number of hydrogen-bond donors (Lipinski definition) is 1. The number of benzene rings is 1. The second-order valence-corrected chi connectivity index (χ2v) is 6.22. The summed E-state index contributed by atoms with van der Waals surface area (Å²) in [7, 11) is 0. The van der Waals surface area contributed by atoms with Gasteiger partial charge >= 0.3 is 0 Å². The van der Waals surface area contributed by atoms with E-state index in [-0.39, 0.29) is 12.7 Å². The average molecular weight is 340 g/mol. The first-order valence-corrected chi connectivity index (χ1v) is 8.30. The standard InChI is InChI=1S/C18H20N4O3/c19-15-3-4-20-10-14(15)18(23)22-7-5-21(6-8-22)11-13-1-2-16-17(9-13)25-12-24-16/h1-4,9-10H,5-8,11-12H2,(H2,19,20). The molecular formula is C18H20N4O3. The van der Waals surface area contributed by atoms with Crippen molar-refractivity contribution in [3.8, 4) is 11.5 Å². The molecule has 2 aliphatic heterocycles. The van der Waals surface area contributed by atoms with E-state index in [0.717, 1.165) is 31.1 Å². The topological polar surface area (TPSA) is 80.9 Å². The fourth-order valence-corrected chi connectivity index (χ4v) is 3.16. The van der Waals surface area contributed by atoms with E-state index in [2.05, 4.69) is 16.0 Å². The third-order valence-corrected chi connectivity index (χ3v) is 4.59. The lowest BCUT2D eigenvalue weighted by atomic mass is 10.1. The maximum Gasteiger partial charge on any atom is 0.257 e. The number of aromatic nitrogens is 1. The molecule has 0 spiro atoms. The van der Waals surface area contributed by atoms with Gasteiger partial charge in [-0.15, -0.1) is 0 Å². The molecule has 2 aliphatic rings. The summed E-state index contributed by atoms with van der Waals surface area (Å²) in [5.74, 6) is 1.56. The molecule has 1 saturated heterocycles. The molecule has 130 valence electrons. The lowest BCUT2D eigenvalue weighted by molar-refractivity contribution is 0.0629. The van der Waals surface area contributed by atoms with Crippen LogP contribution in [0.5, 0.6) is 11.5 Å². The number of nitrogens with zero attached hydrogens (tertiary/aromatic N) is 3. The third kappa shape index (κ3) is 3.23. The summed E-state index contributed by atoms with van der Waals surface area (Å²) in [4.78, 5) is 20.7. The first-order chi connectivity index (χ1) is 12.2. The molecule has 0 radical (unpaired) electrons. The van der Waals surface area contributed by atoms with Crippen LogP contribution in [0.1, 0.15) is 15.9 Å². The van der Waals surface area contributed by atoms with Gasteiger partial charge in [0.05, 0.1) is 5.56 Å². The molecule has 0 bridgehead atoms. The molecular weight excluding hydrogens is 320 g/mol. The van der Waals surface area contributed by atoms with E-state index in [0.29, 0.717) is 24.3 Å². The van der Waals surface area contributed by atoms with Crippen molar-refractivity contribution in [2.24, 2.45) is 0 Å². The Balaban J connectivity index is 1.35. The minimum atomic E-state index is -0.0478. The molecule has 1 aromatic heterocycles. The van der Waals surface area contributed by atoms with Crippen molar-refractivity contribution in [1.82, 2.24) is 14.8 Å². The summed E-state index contributed by atoms with van der Waals surface area (Å²) in [6, 6.07) is 7.68. The summed E-state index contributed by atoms with van der Waals surface area (Å²) in [6.07, 6.45) is 3.13. The lowest BCUT2D eigenvalue weighted by Gasteiger charge is -2.34. The van der Waals surface area contributed by atoms with Crippen LogP contribution in [0, 0.1) is 0 Å². The molecule has 7 heteroatoms. The Morgan fingerprint density at radius 2 is 1.92 bits per heavy atom. The number of fused-ring (bicyclic) bond motifs is 1. The van der Waals surface area contributed by atoms with Gasteiger partial charge in [0.25, 0.3) is 5.91 Å². The first kappa shape index (κ1) is 15.7. The van der Waals surface area contributed by atoms with Gasteiger partial charge in [-0.1, -0.05) is 6.07 Å². The fraction of sp³-hybridized carbons (Fsp3) is 0.333. The Hall–Kier alpha value is -2.80. The van der Waals surface area contributed by atoms with Crippen molar-refractivity contribution in [3.63, 3.8) is 0 Å². The molecule has 0 aliphatic carbocycles. The van der Waals surface area contributed by atoms with Crippen molar-refractivity contribution in [2.45, 2.75) is 6.54 Å². The van der Waals surface area contributed by atoms with E-state index >= 15 is 0 Å². The Bertz CT molecular complexity index is 788. The van der Waals surface area contributed by atoms with Crippen molar-refractivity contribution in [1.29, 1.82) is 0 Å². The zero-order valence-corrected chi connectivity index (χ0v) is 13.9. The zero-order valence-electron chi connectivity index (χ0n) is 13.9.